The fourth-order valence-electron chi connectivity index (χ4n) is 2.66. The highest BCUT2D eigenvalue weighted by molar-refractivity contribution is 5.95. The van der Waals surface area contributed by atoms with Crippen LogP contribution in [0, 0.1) is 5.92 Å². The van der Waals surface area contributed by atoms with E-state index in [0.29, 0.717) is 12.5 Å². The Morgan fingerprint density at radius 3 is 3.00 bits per heavy atom. The topological polar surface area (TPSA) is 55.6 Å². The number of likely N-dealkylation sites (tertiary alicyclic amines) is 1. The molecule has 1 aromatic carbocycles. The maximum absolute atomic E-state index is 12.4. The molecule has 2 unspecified atom stereocenters. The SMILES string of the molecule is CC1CN(C(=O)c2ccc3c(c2)CCO3)CC1N. The summed E-state index contributed by atoms with van der Waals surface area (Å²) in [6.07, 6.45) is 0.895. The van der Waals surface area contributed by atoms with Gasteiger partial charge in [-0.3, -0.25) is 4.79 Å². The Hall–Kier alpha value is -1.55. The summed E-state index contributed by atoms with van der Waals surface area (Å²) in [5, 5.41) is 0. The minimum absolute atomic E-state index is 0.0875. The van der Waals surface area contributed by atoms with Gasteiger partial charge in [0.15, 0.2) is 0 Å². The van der Waals surface area contributed by atoms with Crippen molar-refractivity contribution in [1.82, 2.24) is 4.90 Å². The minimum Gasteiger partial charge on any atom is -0.493 e. The van der Waals surface area contributed by atoms with E-state index < -0.39 is 0 Å². The average molecular weight is 246 g/mol. The normalized spacial score (nSPS) is 26.0. The highest BCUT2D eigenvalue weighted by Crippen LogP contribution is 2.27. The molecule has 0 radical (unpaired) electrons. The van der Waals surface area contributed by atoms with Gasteiger partial charge in [0, 0.05) is 31.1 Å². The number of carbonyl (C=O) groups is 1. The third kappa shape index (κ3) is 1.86. The molecule has 2 aliphatic heterocycles. The highest BCUT2D eigenvalue weighted by atomic mass is 16.5. The van der Waals surface area contributed by atoms with Crippen molar-refractivity contribution in [3.63, 3.8) is 0 Å². The molecule has 1 amide bonds. The number of hydrogen-bond donors (Lipinski definition) is 1. The number of carbonyl (C=O) groups excluding carboxylic acids is 1. The Kier molecular flexibility index (Phi) is 2.74. The maximum Gasteiger partial charge on any atom is 0.253 e. The van der Waals surface area contributed by atoms with Crippen molar-refractivity contribution in [2.45, 2.75) is 19.4 Å². The number of hydrogen-bond acceptors (Lipinski definition) is 3. The predicted molar refractivity (Wildman–Crippen MR) is 68.7 cm³/mol. The van der Waals surface area contributed by atoms with E-state index in [9.17, 15) is 4.79 Å². The van der Waals surface area contributed by atoms with Gasteiger partial charge >= 0.3 is 0 Å². The van der Waals surface area contributed by atoms with Crippen LogP contribution in [0.4, 0.5) is 0 Å². The lowest BCUT2D eigenvalue weighted by molar-refractivity contribution is 0.0787. The van der Waals surface area contributed by atoms with Crippen LogP contribution < -0.4 is 10.5 Å². The lowest BCUT2D eigenvalue weighted by Gasteiger charge is -2.16. The van der Waals surface area contributed by atoms with Crippen LogP contribution in [0.1, 0.15) is 22.8 Å². The summed E-state index contributed by atoms with van der Waals surface area (Å²) in [5.74, 6) is 1.38. The van der Waals surface area contributed by atoms with Gasteiger partial charge in [-0.2, -0.15) is 0 Å². The van der Waals surface area contributed by atoms with Crippen molar-refractivity contribution in [3.05, 3.63) is 29.3 Å². The molecular formula is C14H18N2O2. The molecule has 4 heteroatoms. The zero-order valence-electron chi connectivity index (χ0n) is 10.6. The van der Waals surface area contributed by atoms with Crippen molar-refractivity contribution in [3.8, 4) is 5.75 Å². The zero-order chi connectivity index (χ0) is 12.7. The predicted octanol–water partition coefficient (Wildman–Crippen LogP) is 1.04. The second-order valence-electron chi connectivity index (χ2n) is 5.27. The molecule has 96 valence electrons. The van der Waals surface area contributed by atoms with Crippen LogP contribution >= 0.6 is 0 Å². The number of rotatable bonds is 1. The van der Waals surface area contributed by atoms with E-state index in [4.69, 9.17) is 10.5 Å². The fourth-order valence-corrected chi connectivity index (χ4v) is 2.66. The van der Waals surface area contributed by atoms with Gasteiger partial charge in [0.2, 0.25) is 0 Å². The first-order chi connectivity index (χ1) is 8.65. The second-order valence-corrected chi connectivity index (χ2v) is 5.27. The lowest BCUT2D eigenvalue weighted by Crippen LogP contribution is -2.32. The molecule has 3 rings (SSSR count). The molecule has 1 saturated heterocycles. The Bertz CT molecular complexity index is 477. The molecule has 0 aliphatic carbocycles. The maximum atomic E-state index is 12.4. The summed E-state index contributed by atoms with van der Waals surface area (Å²) < 4.78 is 5.45. The third-order valence-corrected chi connectivity index (χ3v) is 3.89. The molecule has 18 heavy (non-hydrogen) atoms. The largest absolute Gasteiger partial charge is 0.493 e. The number of ether oxygens (including phenoxy) is 1. The van der Waals surface area contributed by atoms with E-state index in [0.717, 1.165) is 36.4 Å². The molecule has 0 saturated carbocycles. The Morgan fingerprint density at radius 2 is 2.28 bits per heavy atom. The van der Waals surface area contributed by atoms with E-state index >= 15 is 0 Å². The smallest absolute Gasteiger partial charge is 0.253 e. The third-order valence-electron chi connectivity index (χ3n) is 3.89. The first kappa shape index (κ1) is 11.5. The summed E-state index contributed by atoms with van der Waals surface area (Å²) in [6.45, 7) is 4.23. The Balaban J connectivity index is 1.81. The molecule has 2 atom stereocenters. The van der Waals surface area contributed by atoms with Crippen LogP contribution in [0.5, 0.6) is 5.75 Å². The van der Waals surface area contributed by atoms with Gasteiger partial charge in [-0.1, -0.05) is 6.92 Å². The molecule has 0 spiro atoms. The summed E-state index contributed by atoms with van der Waals surface area (Å²) in [4.78, 5) is 14.2. The molecule has 1 aromatic rings. The van der Waals surface area contributed by atoms with Crippen LogP contribution in [0.15, 0.2) is 18.2 Å². The van der Waals surface area contributed by atoms with E-state index in [1.54, 1.807) is 0 Å². The first-order valence-corrected chi connectivity index (χ1v) is 6.46. The molecule has 2 heterocycles. The van der Waals surface area contributed by atoms with Gasteiger partial charge in [-0.05, 0) is 29.7 Å². The second kappa shape index (κ2) is 4.28. The minimum atomic E-state index is 0.0875. The van der Waals surface area contributed by atoms with Crippen LogP contribution in [0.25, 0.3) is 0 Å². The van der Waals surface area contributed by atoms with Gasteiger partial charge in [0.05, 0.1) is 6.61 Å². The summed E-state index contributed by atoms with van der Waals surface area (Å²) in [5.41, 5.74) is 7.85. The first-order valence-electron chi connectivity index (χ1n) is 6.46. The van der Waals surface area contributed by atoms with E-state index in [-0.39, 0.29) is 11.9 Å². The van der Waals surface area contributed by atoms with Crippen LogP contribution in [0.3, 0.4) is 0 Å². The standard InChI is InChI=1S/C14H18N2O2/c1-9-7-16(8-12(9)15)14(17)11-2-3-13-10(6-11)4-5-18-13/h2-3,6,9,12H,4-5,7-8,15H2,1H3. The highest BCUT2D eigenvalue weighted by Gasteiger charge is 2.30. The van der Waals surface area contributed by atoms with Crippen molar-refractivity contribution < 1.29 is 9.53 Å². The van der Waals surface area contributed by atoms with Crippen molar-refractivity contribution in [2.24, 2.45) is 11.7 Å². The molecule has 0 bridgehead atoms. The van der Waals surface area contributed by atoms with Gasteiger partial charge in [0.1, 0.15) is 5.75 Å². The number of nitrogens with zero attached hydrogens (tertiary/aromatic N) is 1. The van der Waals surface area contributed by atoms with Crippen LogP contribution in [-0.4, -0.2) is 36.5 Å². The number of fused-ring (bicyclic) bond motifs is 1. The van der Waals surface area contributed by atoms with Crippen molar-refractivity contribution >= 4 is 5.91 Å². The summed E-state index contributed by atoms with van der Waals surface area (Å²) in [6, 6.07) is 5.81. The Morgan fingerprint density at radius 1 is 1.44 bits per heavy atom. The van der Waals surface area contributed by atoms with E-state index in [1.165, 1.54) is 0 Å². The number of benzene rings is 1. The fraction of sp³-hybridized carbons (Fsp3) is 0.500. The van der Waals surface area contributed by atoms with E-state index in [1.807, 2.05) is 23.1 Å². The summed E-state index contributed by atoms with van der Waals surface area (Å²) in [7, 11) is 0. The number of amides is 1. The Labute approximate surface area is 107 Å². The lowest BCUT2D eigenvalue weighted by atomic mass is 10.1. The average Bonchev–Trinajstić information content (AvgIpc) is 2.95. The van der Waals surface area contributed by atoms with Crippen LogP contribution in [-0.2, 0) is 6.42 Å². The van der Waals surface area contributed by atoms with E-state index in [2.05, 4.69) is 6.92 Å². The quantitative estimate of drug-likeness (QED) is 0.805. The molecule has 0 aromatic heterocycles. The summed E-state index contributed by atoms with van der Waals surface area (Å²) >= 11 is 0. The molecule has 1 fully saturated rings. The monoisotopic (exact) mass is 246 g/mol. The van der Waals surface area contributed by atoms with Gasteiger partial charge in [-0.15, -0.1) is 0 Å². The van der Waals surface area contributed by atoms with Gasteiger partial charge in [-0.25, -0.2) is 0 Å². The van der Waals surface area contributed by atoms with Gasteiger partial charge < -0.3 is 15.4 Å². The molecular weight excluding hydrogens is 228 g/mol. The molecule has 2 N–H and O–H groups in total. The zero-order valence-corrected chi connectivity index (χ0v) is 10.6. The van der Waals surface area contributed by atoms with Crippen LogP contribution in [0.2, 0.25) is 0 Å². The molecule has 2 aliphatic rings. The number of nitrogens with two attached hydrogens (primary N) is 1. The van der Waals surface area contributed by atoms with Crippen molar-refractivity contribution in [2.75, 3.05) is 19.7 Å². The molecule has 4 nitrogen and oxygen atoms in total. The van der Waals surface area contributed by atoms with Gasteiger partial charge in [0.25, 0.3) is 5.91 Å². The van der Waals surface area contributed by atoms with Crippen molar-refractivity contribution in [1.29, 1.82) is 0 Å².